The van der Waals surface area contributed by atoms with E-state index in [0.29, 0.717) is 26.4 Å². The summed E-state index contributed by atoms with van der Waals surface area (Å²) in [6, 6.07) is 0. The molecule has 0 aliphatic carbocycles. The molecule has 0 aromatic heterocycles. The average Bonchev–Trinajstić information content (AvgIpc) is 2.28. The molecule has 0 bridgehead atoms. The minimum atomic E-state index is -0.420. The van der Waals surface area contributed by atoms with Gasteiger partial charge >= 0.3 is 6.09 Å². The van der Waals surface area contributed by atoms with Crippen LogP contribution < -0.4 is 5.32 Å². The monoisotopic (exact) mass is 217 g/mol. The Bertz CT molecular complexity index is 202. The minimum Gasteiger partial charge on any atom is -0.450 e. The zero-order chi connectivity index (χ0) is 11.1. The van der Waals surface area contributed by atoms with Crippen LogP contribution in [0.2, 0.25) is 0 Å². The molecule has 88 valence electrons. The van der Waals surface area contributed by atoms with Crippen molar-refractivity contribution in [1.82, 2.24) is 5.32 Å². The number of hydrogen-bond acceptors (Lipinski definition) is 4. The Morgan fingerprint density at radius 2 is 2.20 bits per heavy atom. The van der Waals surface area contributed by atoms with Crippen molar-refractivity contribution in [1.29, 1.82) is 0 Å². The first-order chi connectivity index (χ1) is 7.22. The fourth-order valence-electron chi connectivity index (χ4n) is 1.64. The molecule has 2 N–H and O–H groups in total. The molecule has 1 saturated heterocycles. The van der Waals surface area contributed by atoms with Crippen LogP contribution in [0.25, 0.3) is 0 Å². The Morgan fingerprint density at radius 3 is 2.73 bits per heavy atom. The van der Waals surface area contributed by atoms with Gasteiger partial charge in [0.05, 0.1) is 13.2 Å². The maximum absolute atomic E-state index is 11.1. The van der Waals surface area contributed by atoms with Crippen molar-refractivity contribution in [3.8, 4) is 0 Å². The van der Waals surface area contributed by atoms with Crippen molar-refractivity contribution in [3.05, 3.63) is 0 Å². The van der Waals surface area contributed by atoms with E-state index < -0.39 is 6.09 Å². The standard InChI is InChI=1S/C10H19NO4/c1-2-15-9(13)11-7-10(8-12)3-5-14-6-4-10/h12H,2-8H2,1H3,(H,11,13). The Kier molecular flexibility index (Phi) is 4.84. The van der Waals surface area contributed by atoms with E-state index in [9.17, 15) is 9.90 Å². The van der Waals surface area contributed by atoms with Crippen LogP contribution in [0.4, 0.5) is 4.79 Å². The zero-order valence-corrected chi connectivity index (χ0v) is 9.12. The van der Waals surface area contributed by atoms with Gasteiger partial charge in [-0.2, -0.15) is 0 Å². The van der Waals surface area contributed by atoms with E-state index in [-0.39, 0.29) is 12.0 Å². The van der Waals surface area contributed by atoms with Gasteiger partial charge in [0.1, 0.15) is 0 Å². The molecule has 1 fully saturated rings. The van der Waals surface area contributed by atoms with Crippen LogP contribution >= 0.6 is 0 Å². The van der Waals surface area contributed by atoms with Gasteiger partial charge in [-0.15, -0.1) is 0 Å². The summed E-state index contributed by atoms with van der Waals surface area (Å²) in [7, 11) is 0. The summed E-state index contributed by atoms with van der Waals surface area (Å²) in [6.45, 7) is 3.93. The van der Waals surface area contributed by atoms with E-state index >= 15 is 0 Å². The lowest BCUT2D eigenvalue weighted by Crippen LogP contribution is -2.43. The van der Waals surface area contributed by atoms with Gasteiger partial charge in [0.2, 0.25) is 0 Å². The van der Waals surface area contributed by atoms with Crippen molar-refractivity contribution < 1.29 is 19.4 Å². The third kappa shape index (κ3) is 3.68. The lowest BCUT2D eigenvalue weighted by atomic mass is 9.81. The summed E-state index contributed by atoms with van der Waals surface area (Å²) in [5, 5.41) is 12.0. The Labute approximate surface area is 89.8 Å². The SMILES string of the molecule is CCOC(=O)NCC1(CO)CCOCC1. The largest absolute Gasteiger partial charge is 0.450 e. The number of nitrogens with one attached hydrogen (secondary N) is 1. The first-order valence-corrected chi connectivity index (χ1v) is 5.32. The number of aliphatic hydroxyl groups excluding tert-OH is 1. The number of rotatable bonds is 4. The summed E-state index contributed by atoms with van der Waals surface area (Å²) < 4.78 is 9.99. The highest BCUT2D eigenvalue weighted by atomic mass is 16.5. The van der Waals surface area contributed by atoms with Gasteiger partial charge in [0.25, 0.3) is 0 Å². The average molecular weight is 217 g/mol. The quantitative estimate of drug-likeness (QED) is 0.720. The number of amides is 1. The first-order valence-electron chi connectivity index (χ1n) is 5.32. The Hall–Kier alpha value is -0.810. The number of ether oxygens (including phenoxy) is 2. The van der Waals surface area contributed by atoms with E-state index in [1.54, 1.807) is 6.92 Å². The molecule has 1 heterocycles. The third-order valence-electron chi connectivity index (χ3n) is 2.77. The van der Waals surface area contributed by atoms with E-state index in [4.69, 9.17) is 9.47 Å². The number of hydrogen-bond donors (Lipinski definition) is 2. The summed E-state index contributed by atoms with van der Waals surface area (Å²) in [5.41, 5.74) is -0.231. The van der Waals surface area contributed by atoms with Crippen molar-refractivity contribution in [2.75, 3.05) is 33.0 Å². The lowest BCUT2D eigenvalue weighted by molar-refractivity contribution is -0.0151. The third-order valence-corrected chi connectivity index (χ3v) is 2.77. The highest BCUT2D eigenvalue weighted by Gasteiger charge is 2.32. The van der Waals surface area contributed by atoms with E-state index in [2.05, 4.69) is 5.32 Å². The van der Waals surface area contributed by atoms with Gasteiger partial charge in [-0.3, -0.25) is 0 Å². The van der Waals surface area contributed by atoms with E-state index in [1.165, 1.54) is 0 Å². The summed E-state index contributed by atoms with van der Waals surface area (Å²) in [6.07, 6.45) is 1.13. The molecule has 5 heteroatoms. The second kappa shape index (κ2) is 5.92. The highest BCUT2D eigenvalue weighted by Crippen LogP contribution is 2.28. The smallest absolute Gasteiger partial charge is 0.407 e. The van der Waals surface area contributed by atoms with Gasteiger partial charge < -0.3 is 19.9 Å². The van der Waals surface area contributed by atoms with Crippen LogP contribution in [-0.4, -0.2) is 44.2 Å². The fourth-order valence-corrected chi connectivity index (χ4v) is 1.64. The topological polar surface area (TPSA) is 67.8 Å². The summed E-state index contributed by atoms with van der Waals surface area (Å²) >= 11 is 0. The fraction of sp³-hybridized carbons (Fsp3) is 0.900. The minimum absolute atomic E-state index is 0.0722. The van der Waals surface area contributed by atoms with Crippen molar-refractivity contribution in [2.24, 2.45) is 5.41 Å². The Morgan fingerprint density at radius 1 is 1.53 bits per heavy atom. The summed E-state index contributed by atoms with van der Waals surface area (Å²) in [4.78, 5) is 11.1. The predicted octanol–water partition coefficient (Wildman–Crippen LogP) is 0.522. The molecule has 1 aliphatic rings. The van der Waals surface area contributed by atoms with Crippen LogP contribution in [0.5, 0.6) is 0 Å². The molecular weight excluding hydrogens is 198 g/mol. The highest BCUT2D eigenvalue weighted by molar-refractivity contribution is 5.67. The number of alkyl carbamates (subject to hydrolysis) is 1. The first kappa shape index (κ1) is 12.3. The molecule has 1 rings (SSSR count). The molecule has 0 radical (unpaired) electrons. The molecule has 5 nitrogen and oxygen atoms in total. The number of carbonyl (C=O) groups excluding carboxylic acids is 1. The molecule has 0 saturated carbocycles. The molecule has 0 atom stereocenters. The molecule has 0 aromatic carbocycles. The van der Waals surface area contributed by atoms with Gasteiger partial charge in [0.15, 0.2) is 0 Å². The van der Waals surface area contributed by atoms with E-state index in [0.717, 1.165) is 12.8 Å². The van der Waals surface area contributed by atoms with Gasteiger partial charge in [-0.05, 0) is 19.8 Å². The van der Waals surface area contributed by atoms with Gasteiger partial charge in [0, 0.05) is 25.2 Å². The normalized spacial score (nSPS) is 19.6. The molecule has 15 heavy (non-hydrogen) atoms. The predicted molar refractivity (Wildman–Crippen MR) is 54.6 cm³/mol. The molecule has 1 aliphatic heterocycles. The van der Waals surface area contributed by atoms with Crippen molar-refractivity contribution in [2.45, 2.75) is 19.8 Å². The molecular formula is C10H19NO4. The van der Waals surface area contributed by atoms with Gasteiger partial charge in [-0.25, -0.2) is 4.79 Å². The molecule has 0 spiro atoms. The lowest BCUT2D eigenvalue weighted by Gasteiger charge is -2.35. The molecule has 0 aromatic rings. The maximum atomic E-state index is 11.1. The number of aliphatic hydroxyl groups is 1. The zero-order valence-electron chi connectivity index (χ0n) is 9.12. The second-order valence-electron chi connectivity index (χ2n) is 3.84. The van der Waals surface area contributed by atoms with Crippen LogP contribution in [0.15, 0.2) is 0 Å². The van der Waals surface area contributed by atoms with Crippen molar-refractivity contribution in [3.63, 3.8) is 0 Å². The maximum Gasteiger partial charge on any atom is 0.407 e. The number of carbonyl (C=O) groups is 1. The molecule has 0 unspecified atom stereocenters. The van der Waals surface area contributed by atoms with Crippen LogP contribution in [-0.2, 0) is 9.47 Å². The second-order valence-corrected chi connectivity index (χ2v) is 3.84. The van der Waals surface area contributed by atoms with Gasteiger partial charge in [-0.1, -0.05) is 0 Å². The molecule has 1 amide bonds. The Balaban J connectivity index is 2.35. The summed E-state index contributed by atoms with van der Waals surface area (Å²) in [5.74, 6) is 0. The van der Waals surface area contributed by atoms with Crippen molar-refractivity contribution >= 4 is 6.09 Å². The van der Waals surface area contributed by atoms with Crippen LogP contribution in [0.3, 0.4) is 0 Å². The van der Waals surface area contributed by atoms with Crippen LogP contribution in [0, 0.1) is 5.41 Å². The van der Waals surface area contributed by atoms with Crippen LogP contribution in [0.1, 0.15) is 19.8 Å². The van der Waals surface area contributed by atoms with E-state index in [1.807, 2.05) is 0 Å².